The summed E-state index contributed by atoms with van der Waals surface area (Å²) in [5.74, 6) is -0.478. The van der Waals surface area contributed by atoms with Crippen LogP contribution in [0.3, 0.4) is 0 Å². The van der Waals surface area contributed by atoms with E-state index in [0.29, 0.717) is 31.7 Å². The van der Waals surface area contributed by atoms with Crippen molar-refractivity contribution in [3.8, 4) is 0 Å². The average molecular weight is 293 g/mol. The second-order valence-electron chi connectivity index (χ2n) is 5.16. The normalized spacial score (nSPS) is 19.4. The summed E-state index contributed by atoms with van der Waals surface area (Å²) in [6, 6.07) is 6.10. The van der Waals surface area contributed by atoms with Crippen molar-refractivity contribution in [2.45, 2.75) is 19.5 Å². The molecule has 1 aliphatic rings. The molecule has 1 saturated heterocycles. The van der Waals surface area contributed by atoms with Crippen LogP contribution in [0.4, 0.5) is 4.39 Å². The number of halogens is 1. The summed E-state index contributed by atoms with van der Waals surface area (Å²) in [6.07, 6.45) is 0. The van der Waals surface area contributed by atoms with Crippen LogP contribution in [0.1, 0.15) is 12.5 Å². The fraction of sp³-hybridized carbons (Fsp3) is 0.467. The van der Waals surface area contributed by atoms with Gasteiger partial charge in [-0.3, -0.25) is 14.5 Å². The number of amides is 2. The Morgan fingerprint density at radius 2 is 2.05 bits per heavy atom. The van der Waals surface area contributed by atoms with E-state index in [-0.39, 0.29) is 17.6 Å². The Bertz CT molecular complexity index is 535. The van der Waals surface area contributed by atoms with Gasteiger partial charge in [0.25, 0.3) is 0 Å². The van der Waals surface area contributed by atoms with Crippen LogP contribution in [-0.2, 0) is 16.1 Å². The molecule has 0 spiro atoms. The van der Waals surface area contributed by atoms with Gasteiger partial charge in [0.05, 0.1) is 0 Å². The van der Waals surface area contributed by atoms with Crippen LogP contribution in [0.25, 0.3) is 0 Å². The van der Waals surface area contributed by atoms with Crippen LogP contribution in [0.15, 0.2) is 24.3 Å². The molecular formula is C15H20FN3O2. The van der Waals surface area contributed by atoms with Crippen molar-refractivity contribution < 1.29 is 14.0 Å². The maximum Gasteiger partial charge on any atom is 0.238 e. The molecule has 0 unspecified atom stereocenters. The Kier molecular flexibility index (Phi) is 4.90. The molecule has 1 N–H and O–H groups in total. The lowest BCUT2D eigenvalue weighted by molar-refractivity contribution is -0.136. The molecule has 1 aliphatic heterocycles. The number of nitrogens with one attached hydrogen (secondary N) is 1. The van der Waals surface area contributed by atoms with E-state index in [1.807, 2.05) is 4.90 Å². The molecule has 0 aromatic heterocycles. The summed E-state index contributed by atoms with van der Waals surface area (Å²) in [5, 5.41) is 2.61. The fourth-order valence-electron chi connectivity index (χ4n) is 2.56. The van der Waals surface area contributed by atoms with Gasteiger partial charge >= 0.3 is 0 Å². The first-order chi connectivity index (χ1) is 10.0. The zero-order valence-electron chi connectivity index (χ0n) is 12.3. The Morgan fingerprint density at radius 3 is 2.67 bits per heavy atom. The molecule has 1 fully saturated rings. The van der Waals surface area contributed by atoms with Crippen LogP contribution in [0, 0.1) is 5.82 Å². The predicted molar refractivity (Wildman–Crippen MR) is 76.9 cm³/mol. The third-order valence-corrected chi connectivity index (χ3v) is 3.82. The Balaban J connectivity index is 2.15. The fourth-order valence-corrected chi connectivity index (χ4v) is 2.56. The summed E-state index contributed by atoms with van der Waals surface area (Å²) >= 11 is 0. The highest BCUT2D eigenvalue weighted by Gasteiger charge is 2.33. The topological polar surface area (TPSA) is 52.7 Å². The summed E-state index contributed by atoms with van der Waals surface area (Å²) in [5.41, 5.74) is 0.558. The molecule has 1 heterocycles. The minimum atomic E-state index is -0.452. The lowest BCUT2D eigenvalue weighted by Crippen LogP contribution is -2.59. The maximum atomic E-state index is 13.8. The number of hydrogen-bond acceptors (Lipinski definition) is 3. The van der Waals surface area contributed by atoms with Crippen LogP contribution in [0.5, 0.6) is 0 Å². The monoisotopic (exact) mass is 293 g/mol. The average Bonchev–Trinajstić information content (AvgIpc) is 2.49. The molecule has 2 rings (SSSR count). The first-order valence-electron chi connectivity index (χ1n) is 6.97. The van der Waals surface area contributed by atoms with Crippen molar-refractivity contribution in [3.05, 3.63) is 35.6 Å². The SMILES string of the molecule is CNC(=O)[C@@H]1CN(C(C)=O)CCN1Cc1ccccc1F. The van der Waals surface area contributed by atoms with E-state index in [1.54, 1.807) is 30.1 Å². The van der Waals surface area contributed by atoms with Crippen molar-refractivity contribution in [1.29, 1.82) is 0 Å². The van der Waals surface area contributed by atoms with E-state index in [1.165, 1.54) is 13.0 Å². The van der Waals surface area contributed by atoms with Gasteiger partial charge in [-0.2, -0.15) is 0 Å². The highest BCUT2D eigenvalue weighted by molar-refractivity contribution is 5.83. The number of likely N-dealkylation sites (N-methyl/N-ethyl adjacent to an activating group) is 1. The summed E-state index contributed by atoms with van der Waals surface area (Å²) in [6.45, 7) is 3.29. The molecule has 0 radical (unpaired) electrons. The van der Waals surface area contributed by atoms with Gasteiger partial charge in [-0.1, -0.05) is 18.2 Å². The maximum absolute atomic E-state index is 13.8. The first kappa shape index (κ1) is 15.4. The minimum Gasteiger partial charge on any atom is -0.358 e. The third-order valence-electron chi connectivity index (χ3n) is 3.82. The first-order valence-corrected chi connectivity index (χ1v) is 6.97. The number of hydrogen-bond donors (Lipinski definition) is 1. The van der Waals surface area contributed by atoms with Crippen molar-refractivity contribution in [3.63, 3.8) is 0 Å². The highest BCUT2D eigenvalue weighted by Crippen LogP contribution is 2.16. The Hall–Kier alpha value is -1.95. The number of nitrogens with zero attached hydrogens (tertiary/aromatic N) is 2. The number of carbonyl (C=O) groups excluding carboxylic acids is 2. The van der Waals surface area contributed by atoms with Crippen molar-refractivity contribution in [2.24, 2.45) is 0 Å². The molecule has 0 aliphatic carbocycles. The van der Waals surface area contributed by atoms with Gasteiger partial charge in [-0.15, -0.1) is 0 Å². The molecular weight excluding hydrogens is 273 g/mol. The second kappa shape index (κ2) is 6.67. The Morgan fingerprint density at radius 1 is 1.33 bits per heavy atom. The molecule has 1 aromatic carbocycles. The van der Waals surface area contributed by atoms with E-state index in [9.17, 15) is 14.0 Å². The quantitative estimate of drug-likeness (QED) is 0.888. The summed E-state index contributed by atoms with van der Waals surface area (Å²) in [4.78, 5) is 27.1. The van der Waals surface area contributed by atoms with Crippen molar-refractivity contribution in [1.82, 2.24) is 15.1 Å². The second-order valence-corrected chi connectivity index (χ2v) is 5.16. The molecule has 0 saturated carbocycles. The van der Waals surface area contributed by atoms with Gasteiger partial charge in [-0.25, -0.2) is 4.39 Å². The number of carbonyl (C=O) groups is 2. The van der Waals surface area contributed by atoms with Crippen LogP contribution in [-0.4, -0.2) is 54.3 Å². The molecule has 1 aromatic rings. The number of benzene rings is 1. The van der Waals surface area contributed by atoms with E-state index >= 15 is 0 Å². The summed E-state index contributed by atoms with van der Waals surface area (Å²) in [7, 11) is 1.57. The molecule has 21 heavy (non-hydrogen) atoms. The molecule has 5 nitrogen and oxygen atoms in total. The largest absolute Gasteiger partial charge is 0.358 e. The van der Waals surface area contributed by atoms with E-state index < -0.39 is 6.04 Å². The lowest BCUT2D eigenvalue weighted by atomic mass is 10.1. The molecule has 0 bridgehead atoms. The van der Waals surface area contributed by atoms with E-state index in [0.717, 1.165) is 0 Å². The third kappa shape index (κ3) is 3.58. The Labute approximate surface area is 123 Å². The smallest absolute Gasteiger partial charge is 0.238 e. The predicted octanol–water partition coefficient (Wildman–Crippen LogP) is 0.604. The molecule has 6 heteroatoms. The van der Waals surface area contributed by atoms with Gasteiger partial charge in [0.1, 0.15) is 11.9 Å². The minimum absolute atomic E-state index is 0.0468. The van der Waals surface area contributed by atoms with Crippen LogP contribution in [0.2, 0.25) is 0 Å². The molecule has 2 amide bonds. The van der Waals surface area contributed by atoms with E-state index in [4.69, 9.17) is 0 Å². The van der Waals surface area contributed by atoms with Gasteiger partial charge < -0.3 is 10.2 Å². The lowest BCUT2D eigenvalue weighted by Gasteiger charge is -2.40. The van der Waals surface area contributed by atoms with Gasteiger partial charge in [-0.05, 0) is 6.07 Å². The van der Waals surface area contributed by atoms with Crippen LogP contribution < -0.4 is 5.32 Å². The van der Waals surface area contributed by atoms with E-state index in [2.05, 4.69) is 5.32 Å². The highest BCUT2D eigenvalue weighted by atomic mass is 19.1. The van der Waals surface area contributed by atoms with Gasteiger partial charge in [0.2, 0.25) is 11.8 Å². The summed E-state index contributed by atoms with van der Waals surface area (Å²) < 4.78 is 13.8. The zero-order chi connectivity index (χ0) is 15.4. The van der Waals surface area contributed by atoms with Gasteiger partial charge in [0, 0.05) is 45.7 Å². The molecule has 1 atom stereocenters. The van der Waals surface area contributed by atoms with Gasteiger partial charge in [0.15, 0.2) is 0 Å². The number of piperazine rings is 1. The van der Waals surface area contributed by atoms with Crippen LogP contribution >= 0.6 is 0 Å². The standard InChI is InChI=1S/C15H20FN3O2/c1-11(20)18-7-8-19(14(10-18)15(21)17-2)9-12-5-3-4-6-13(12)16/h3-6,14H,7-10H2,1-2H3,(H,17,21)/t14-/m0/s1. The number of rotatable bonds is 3. The van der Waals surface area contributed by atoms with Crippen molar-refractivity contribution in [2.75, 3.05) is 26.7 Å². The zero-order valence-corrected chi connectivity index (χ0v) is 12.3. The molecule has 114 valence electrons. The van der Waals surface area contributed by atoms with Crippen molar-refractivity contribution >= 4 is 11.8 Å².